The third-order valence-electron chi connectivity index (χ3n) is 3.18. The van der Waals surface area contributed by atoms with Crippen LogP contribution in [-0.2, 0) is 26.1 Å². The van der Waals surface area contributed by atoms with Crippen molar-refractivity contribution in [2.45, 2.75) is 17.7 Å². The summed E-state index contributed by atoms with van der Waals surface area (Å²) in [6.07, 6.45) is 0. The first-order valence-electron chi connectivity index (χ1n) is 7.20. The van der Waals surface area contributed by atoms with Gasteiger partial charge in [0.15, 0.2) is 0 Å². The van der Waals surface area contributed by atoms with Gasteiger partial charge in [0.1, 0.15) is 10.8 Å². The van der Waals surface area contributed by atoms with Crippen LogP contribution in [0.1, 0.15) is 6.92 Å². The van der Waals surface area contributed by atoms with E-state index in [0.717, 1.165) is 27.4 Å². The van der Waals surface area contributed by atoms with Crippen LogP contribution in [0.4, 0.5) is 0 Å². The van der Waals surface area contributed by atoms with Crippen molar-refractivity contribution in [2.24, 2.45) is 4.40 Å². The summed E-state index contributed by atoms with van der Waals surface area (Å²) in [6, 6.07) is 8.24. The Balaban J connectivity index is 2.19. The first kappa shape index (κ1) is 18.1. The van der Waals surface area contributed by atoms with E-state index in [1.54, 1.807) is 36.6 Å². The number of halogens is 1. The highest BCUT2D eigenvalue weighted by Crippen LogP contribution is 2.23. The average molecular weight is 417 g/mol. The van der Waals surface area contributed by atoms with Crippen molar-refractivity contribution >= 4 is 60.5 Å². The van der Waals surface area contributed by atoms with Crippen LogP contribution >= 0.6 is 34.3 Å². The third kappa shape index (κ3) is 3.95. The van der Waals surface area contributed by atoms with Gasteiger partial charge < -0.3 is 9.30 Å². The number of thiazole rings is 1. The maximum atomic E-state index is 12.5. The fourth-order valence-electron chi connectivity index (χ4n) is 2.16. The first-order chi connectivity index (χ1) is 11.9. The van der Waals surface area contributed by atoms with E-state index in [1.165, 1.54) is 10.6 Å². The molecule has 0 bridgehead atoms. The number of thiophene rings is 1. The molecule has 0 unspecified atom stereocenters. The summed E-state index contributed by atoms with van der Waals surface area (Å²) in [4.78, 5) is 12.1. The van der Waals surface area contributed by atoms with Crippen LogP contribution in [0.15, 0.2) is 44.3 Å². The Morgan fingerprint density at radius 1 is 1.36 bits per heavy atom. The minimum atomic E-state index is -3.85. The van der Waals surface area contributed by atoms with Gasteiger partial charge in [0.05, 0.1) is 16.8 Å². The predicted octanol–water partition coefficient (Wildman–Crippen LogP) is 3.27. The first-order valence-corrected chi connectivity index (χ1v) is 10.7. The van der Waals surface area contributed by atoms with Crippen LogP contribution in [0, 0.1) is 0 Å². The number of carbonyl (C=O) groups excluding carboxylic acids is 1. The monoisotopic (exact) mass is 416 g/mol. The van der Waals surface area contributed by atoms with E-state index in [9.17, 15) is 13.2 Å². The van der Waals surface area contributed by atoms with Gasteiger partial charge in [0, 0.05) is 5.02 Å². The second-order valence-corrected chi connectivity index (χ2v) is 9.11. The molecule has 0 radical (unpaired) electrons. The Morgan fingerprint density at radius 3 is 2.84 bits per heavy atom. The molecule has 132 valence electrons. The predicted molar refractivity (Wildman–Crippen MR) is 98.5 cm³/mol. The zero-order chi connectivity index (χ0) is 18.0. The molecule has 0 aliphatic carbocycles. The number of hydrogen-bond acceptors (Lipinski definition) is 6. The summed E-state index contributed by atoms with van der Waals surface area (Å²) in [6.45, 7) is 1.82. The van der Waals surface area contributed by atoms with Gasteiger partial charge in [-0.25, -0.2) is 0 Å². The molecule has 0 aliphatic rings. The van der Waals surface area contributed by atoms with Gasteiger partial charge in [0.2, 0.25) is 4.80 Å². The second-order valence-electron chi connectivity index (χ2n) is 4.89. The summed E-state index contributed by atoms with van der Waals surface area (Å²) < 4.78 is 36.2. The van der Waals surface area contributed by atoms with Gasteiger partial charge in [-0.05, 0) is 36.6 Å². The second kappa shape index (κ2) is 7.28. The minimum absolute atomic E-state index is 0.131. The minimum Gasteiger partial charge on any atom is -0.465 e. The van der Waals surface area contributed by atoms with Crippen LogP contribution in [0.25, 0.3) is 10.2 Å². The van der Waals surface area contributed by atoms with Crippen LogP contribution < -0.4 is 4.80 Å². The number of fused-ring (bicyclic) bond motifs is 1. The molecule has 10 heteroatoms. The molecular formula is C15H13ClN2O4S3. The molecular weight excluding hydrogens is 404 g/mol. The lowest BCUT2D eigenvalue weighted by atomic mass is 10.3. The number of ether oxygens (including phenoxy) is 1. The highest BCUT2D eigenvalue weighted by Gasteiger charge is 2.17. The molecule has 25 heavy (non-hydrogen) atoms. The van der Waals surface area contributed by atoms with E-state index in [1.807, 2.05) is 0 Å². The van der Waals surface area contributed by atoms with E-state index >= 15 is 0 Å². The molecule has 3 aromatic rings. The van der Waals surface area contributed by atoms with Crippen LogP contribution in [0.2, 0.25) is 5.02 Å². The Bertz CT molecular complexity index is 1080. The number of carbonyl (C=O) groups is 1. The van der Waals surface area contributed by atoms with Crippen molar-refractivity contribution in [3.05, 3.63) is 45.5 Å². The smallest absolute Gasteiger partial charge is 0.326 e. The lowest BCUT2D eigenvalue weighted by molar-refractivity contribution is -0.143. The molecule has 0 fully saturated rings. The molecule has 0 amide bonds. The van der Waals surface area contributed by atoms with Crippen molar-refractivity contribution in [1.82, 2.24) is 4.57 Å². The van der Waals surface area contributed by atoms with Gasteiger partial charge in [-0.3, -0.25) is 4.79 Å². The Morgan fingerprint density at radius 2 is 2.16 bits per heavy atom. The number of nitrogens with zero attached hydrogens (tertiary/aromatic N) is 2. The Labute approximate surface area is 157 Å². The topological polar surface area (TPSA) is 77.7 Å². The highest BCUT2D eigenvalue weighted by molar-refractivity contribution is 7.92. The van der Waals surface area contributed by atoms with E-state index in [2.05, 4.69) is 4.40 Å². The van der Waals surface area contributed by atoms with Crippen LogP contribution in [0.5, 0.6) is 0 Å². The largest absolute Gasteiger partial charge is 0.465 e. The lowest BCUT2D eigenvalue weighted by Gasteiger charge is -2.05. The quantitative estimate of drug-likeness (QED) is 0.598. The Hall–Kier alpha value is -1.68. The number of sulfonamides is 1. The highest BCUT2D eigenvalue weighted by atomic mass is 35.5. The summed E-state index contributed by atoms with van der Waals surface area (Å²) in [5.41, 5.74) is 0.669. The lowest BCUT2D eigenvalue weighted by Crippen LogP contribution is -2.23. The van der Waals surface area contributed by atoms with E-state index in [0.29, 0.717) is 10.5 Å². The fraction of sp³-hybridized carbons (Fsp3) is 0.200. The Kier molecular flexibility index (Phi) is 5.28. The summed E-state index contributed by atoms with van der Waals surface area (Å²) in [5.74, 6) is -0.466. The number of benzene rings is 1. The molecule has 2 heterocycles. The van der Waals surface area contributed by atoms with E-state index in [-0.39, 0.29) is 22.2 Å². The molecule has 6 nitrogen and oxygen atoms in total. The maximum Gasteiger partial charge on any atom is 0.326 e. The third-order valence-corrected chi connectivity index (χ3v) is 7.22. The molecule has 3 rings (SSSR count). The molecule has 0 spiro atoms. The van der Waals surface area contributed by atoms with Gasteiger partial charge in [-0.1, -0.05) is 29.0 Å². The molecule has 0 atom stereocenters. The van der Waals surface area contributed by atoms with E-state index < -0.39 is 16.0 Å². The fourth-order valence-corrected chi connectivity index (χ4v) is 5.64. The maximum absolute atomic E-state index is 12.5. The number of esters is 1. The molecule has 0 N–H and O–H groups in total. The summed E-state index contributed by atoms with van der Waals surface area (Å²) >= 11 is 8.25. The normalized spacial score (nSPS) is 12.6. The number of hydrogen-bond donors (Lipinski definition) is 0. The average Bonchev–Trinajstić information content (AvgIpc) is 3.17. The van der Waals surface area contributed by atoms with Gasteiger partial charge in [-0.15, -0.1) is 15.7 Å². The molecule has 0 saturated heterocycles. The molecule has 0 aliphatic heterocycles. The molecule has 2 aromatic heterocycles. The van der Waals surface area contributed by atoms with Crippen molar-refractivity contribution in [3.63, 3.8) is 0 Å². The van der Waals surface area contributed by atoms with Crippen molar-refractivity contribution in [3.8, 4) is 0 Å². The standard InChI is InChI=1S/C15H13ClN2O4S3/c1-2-22-13(19)9-18-11-6-5-10(16)8-12(11)24-15(18)17-25(20,21)14-4-3-7-23-14/h3-8H,2,9H2,1H3/b17-15-. The molecule has 0 saturated carbocycles. The van der Waals surface area contributed by atoms with Crippen LogP contribution in [-0.4, -0.2) is 25.6 Å². The number of aromatic nitrogens is 1. The summed E-state index contributed by atoms with van der Waals surface area (Å²) in [7, 11) is -3.85. The van der Waals surface area contributed by atoms with Crippen molar-refractivity contribution in [2.75, 3.05) is 6.61 Å². The van der Waals surface area contributed by atoms with Crippen LogP contribution in [0.3, 0.4) is 0 Å². The zero-order valence-corrected chi connectivity index (χ0v) is 16.2. The molecule has 1 aromatic carbocycles. The van der Waals surface area contributed by atoms with Crippen molar-refractivity contribution < 1.29 is 17.9 Å². The van der Waals surface area contributed by atoms with Gasteiger partial charge in [0.25, 0.3) is 10.0 Å². The SMILES string of the molecule is CCOC(=O)Cn1/c(=N/S(=O)(=O)c2cccs2)sc2cc(Cl)ccc21. The van der Waals surface area contributed by atoms with E-state index in [4.69, 9.17) is 16.3 Å². The van der Waals surface area contributed by atoms with Gasteiger partial charge >= 0.3 is 5.97 Å². The zero-order valence-electron chi connectivity index (χ0n) is 13.0. The van der Waals surface area contributed by atoms with Gasteiger partial charge in [-0.2, -0.15) is 8.42 Å². The summed E-state index contributed by atoms with van der Waals surface area (Å²) in [5, 5.41) is 2.18. The van der Waals surface area contributed by atoms with Crippen molar-refractivity contribution in [1.29, 1.82) is 0 Å². The number of rotatable bonds is 5.